The predicted octanol–water partition coefficient (Wildman–Crippen LogP) is 4.51. The first kappa shape index (κ1) is 12.2. The number of methoxy groups -OCH3 is 1. The molecule has 1 heteroatoms. The predicted molar refractivity (Wildman–Crippen MR) is 78.5 cm³/mol. The van der Waals surface area contributed by atoms with Crippen LogP contribution < -0.4 is 4.74 Å². The fraction of sp³-hybridized carbons (Fsp3) is 0.0588. The molecule has 0 saturated carbocycles. The third-order valence-corrected chi connectivity index (χ3v) is 2.79. The maximum Gasteiger partial charge on any atom is 0.118 e. The van der Waals surface area contributed by atoms with Crippen LogP contribution in [0.15, 0.2) is 55.1 Å². The van der Waals surface area contributed by atoms with Crippen molar-refractivity contribution in [2.24, 2.45) is 0 Å². The van der Waals surface area contributed by atoms with Crippen LogP contribution in [-0.4, -0.2) is 7.11 Å². The van der Waals surface area contributed by atoms with Crippen LogP contribution in [0.3, 0.4) is 0 Å². The second-order valence-electron chi connectivity index (χ2n) is 3.94. The van der Waals surface area contributed by atoms with Crippen molar-refractivity contribution in [2.45, 2.75) is 0 Å². The maximum atomic E-state index is 5.13. The summed E-state index contributed by atoms with van der Waals surface area (Å²) in [5.74, 6) is 0.874. The summed E-state index contributed by atoms with van der Waals surface area (Å²) in [6.07, 6.45) is 6.05. The molecule has 0 amide bonds. The number of hydrogen-bond donors (Lipinski definition) is 0. The van der Waals surface area contributed by atoms with E-state index in [0.717, 1.165) is 16.9 Å². The fourth-order valence-electron chi connectivity index (χ4n) is 1.75. The summed E-state index contributed by atoms with van der Waals surface area (Å²) in [5.41, 5.74) is 3.46. The van der Waals surface area contributed by atoms with E-state index in [1.165, 1.54) is 5.56 Å². The van der Waals surface area contributed by atoms with E-state index in [1.807, 2.05) is 42.5 Å². The van der Waals surface area contributed by atoms with Crippen LogP contribution in [0.25, 0.3) is 18.2 Å². The lowest BCUT2D eigenvalue weighted by atomic mass is 10.1. The highest BCUT2D eigenvalue weighted by Crippen LogP contribution is 2.16. The van der Waals surface area contributed by atoms with E-state index in [-0.39, 0.29) is 0 Å². The molecule has 0 spiro atoms. The summed E-state index contributed by atoms with van der Waals surface area (Å²) < 4.78 is 5.13. The van der Waals surface area contributed by atoms with Gasteiger partial charge in [0.05, 0.1) is 7.11 Å². The Balaban J connectivity index is 2.21. The van der Waals surface area contributed by atoms with Gasteiger partial charge in [0.15, 0.2) is 0 Å². The molecule has 0 aliphatic rings. The van der Waals surface area contributed by atoms with Gasteiger partial charge in [-0.25, -0.2) is 0 Å². The molecule has 0 N–H and O–H groups in total. The lowest BCUT2D eigenvalue weighted by molar-refractivity contribution is 0.415. The molecule has 0 bridgehead atoms. The number of hydrogen-bond acceptors (Lipinski definition) is 1. The van der Waals surface area contributed by atoms with Crippen molar-refractivity contribution in [2.75, 3.05) is 7.11 Å². The van der Waals surface area contributed by atoms with E-state index >= 15 is 0 Å². The summed E-state index contributed by atoms with van der Waals surface area (Å²) >= 11 is 0. The van der Waals surface area contributed by atoms with E-state index in [1.54, 1.807) is 7.11 Å². The first-order valence-corrected chi connectivity index (χ1v) is 5.87. The number of ether oxygens (including phenoxy) is 1. The SMILES string of the molecule is C=Cc1ccccc1C=Cc1ccc(OC)cc1. The minimum Gasteiger partial charge on any atom is -0.497 e. The molecule has 2 rings (SSSR count). The summed E-state index contributed by atoms with van der Waals surface area (Å²) in [6, 6.07) is 16.2. The highest BCUT2D eigenvalue weighted by molar-refractivity contribution is 5.74. The molecule has 0 heterocycles. The highest BCUT2D eigenvalue weighted by atomic mass is 16.5. The largest absolute Gasteiger partial charge is 0.497 e. The molecule has 1 nitrogen and oxygen atoms in total. The lowest BCUT2D eigenvalue weighted by Crippen LogP contribution is -1.82. The van der Waals surface area contributed by atoms with Crippen molar-refractivity contribution < 1.29 is 4.74 Å². The monoisotopic (exact) mass is 236 g/mol. The van der Waals surface area contributed by atoms with Crippen molar-refractivity contribution >= 4 is 18.2 Å². The first-order valence-electron chi connectivity index (χ1n) is 5.87. The molecule has 0 fully saturated rings. The fourth-order valence-corrected chi connectivity index (χ4v) is 1.75. The molecule has 0 aromatic heterocycles. The van der Waals surface area contributed by atoms with Gasteiger partial charge in [-0.2, -0.15) is 0 Å². The molecule has 0 saturated heterocycles. The van der Waals surface area contributed by atoms with Crippen LogP contribution >= 0.6 is 0 Å². The van der Waals surface area contributed by atoms with E-state index in [9.17, 15) is 0 Å². The maximum absolute atomic E-state index is 5.13. The normalized spacial score (nSPS) is 10.5. The van der Waals surface area contributed by atoms with Crippen molar-refractivity contribution in [3.8, 4) is 5.75 Å². The van der Waals surface area contributed by atoms with Crippen molar-refractivity contribution in [3.63, 3.8) is 0 Å². The summed E-state index contributed by atoms with van der Waals surface area (Å²) in [6.45, 7) is 3.82. The highest BCUT2D eigenvalue weighted by Gasteiger charge is 1.94. The quantitative estimate of drug-likeness (QED) is 0.710. The molecule has 2 aromatic rings. The van der Waals surface area contributed by atoms with Gasteiger partial charge in [0.1, 0.15) is 5.75 Å². The van der Waals surface area contributed by atoms with E-state index in [4.69, 9.17) is 4.74 Å². The molecule has 0 atom stereocenters. The Morgan fingerprint density at radius 2 is 1.56 bits per heavy atom. The van der Waals surface area contributed by atoms with E-state index in [0.29, 0.717) is 0 Å². The van der Waals surface area contributed by atoms with Gasteiger partial charge in [0.2, 0.25) is 0 Å². The van der Waals surface area contributed by atoms with Gasteiger partial charge in [-0.1, -0.05) is 61.2 Å². The first-order chi connectivity index (χ1) is 8.83. The Labute approximate surface area is 108 Å². The van der Waals surface area contributed by atoms with Crippen molar-refractivity contribution in [3.05, 3.63) is 71.8 Å². The standard InChI is InChI=1S/C17H16O/c1-3-15-6-4-5-7-16(15)11-8-14-9-12-17(18-2)13-10-14/h3-13H,1H2,2H3. The molecular formula is C17H16O. The third kappa shape index (κ3) is 2.89. The molecular weight excluding hydrogens is 220 g/mol. The molecule has 0 unspecified atom stereocenters. The van der Waals surface area contributed by atoms with Gasteiger partial charge in [-0.05, 0) is 28.8 Å². The molecule has 0 aliphatic carbocycles. The van der Waals surface area contributed by atoms with Crippen LogP contribution in [-0.2, 0) is 0 Å². The van der Waals surface area contributed by atoms with Crippen LogP contribution in [0, 0.1) is 0 Å². The Bertz CT molecular complexity index is 550. The van der Waals surface area contributed by atoms with Gasteiger partial charge >= 0.3 is 0 Å². The number of benzene rings is 2. The van der Waals surface area contributed by atoms with Crippen LogP contribution in [0.5, 0.6) is 5.75 Å². The lowest BCUT2D eigenvalue weighted by Gasteiger charge is -2.01. The van der Waals surface area contributed by atoms with Gasteiger partial charge in [-0.15, -0.1) is 0 Å². The van der Waals surface area contributed by atoms with E-state index < -0.39 is 0 Å². The zero-order valence-corrected chi connectivity index (χ0v) is 10.5. The van der Waals surface area contributed by atoms with Gasteiger partial charge in [-0.3, -0.25) is 0 Å². The molecule has 0 aliphatic heterocycles. The molecule has 2 aromatic carbocycles. The molecule has 0 radical (unpaired) electrons. The molecule has 90 valence electrons. The van der Waals surface area contributed by atoms with Gasteiger partial charge in [0, 0.05) is 0 Å². The Morgan fingerprint density at radius 1 is 0.889 bits per heavy atom. The van der Waals surface area contributed by atoms with Gasteiger partial charge in [0.25, 0.3) is 0 Å². The van der Waals surface area contributed by atoms with E-state index in [2.05, 4.69) is 30.9 Å². The zero-order chi connectivity index (χ0) is 12.8. The average molecular weight is 236 g/mol. The Kier molecular flexibility index (Phi) is 3.98. The summed E-state index contributed by atoms with van der Waals surface area (Å²) in [4.78, 5) is 0. The third-order valence-electron chi connectivity index (χ3n) is 2.79. The van der Waals surface area contributed by atoms with Crippen molar-refractivity contribution in [1.29, 1.82) is 0 Å². The number of rotatable bonds is 4. The minimum atomic E-state index is 0.874. The second-order valence-corrected chi connectivity index (χ2v) is 3.94. The minimum absolute atomic E-state index is 0.874. The Morgan fingerprint density at radius 3 is 2.17 bits per heavy atom. The topological polar surface area (TPSA) is 9.23 Å². The van der Waals surface area contributed by atoms with Gasteiger partial charge < -0.3 is 4.74 Å². The summed E-state index contributed by atoms with van der Waals surface area (Å²) in [5, 5.41) is 0. The van der Waals surface area contributed by atoms with Crippen LogP contribution in [0.1, 0.15) is 16.7 Å². The zero-order valence-electron chi connectivity index (χ0n) is 10.5. The average Bonchev–Trinajstić information content (AvgIpc) is 2.46. The molecule has 18 heavy (non-hydrogen) atoms. The smallest absolute Gasteiger partial charge is 0.118 e. The summed E-state index contributed by atoms with van der Waals surface area (Å²) in [7, 11) is 1.67. The second kappa shape index (κ2) is 5.87. The van der Waals surface area contributed by atoms with Crippen LogP contribution in [0.4, 0.5) is 0 Å². The Hall–Kier alpha value is -2.28. The van der Waals surface area contributed by atoms with Crippen LogP contribution in [0.2, 0.25) is 0 Å². The van der Waals surface area contributed by atoms with Crippen molar-refractivity contribution in [1.82, 2.24) is 0 Å².